The Balaban J connectivity index is 1.82. The third-order valence-corrected chi connectivity index (χ3v) is 6.96. The molecule has 1 unspecified atom stereocenters. The highest BCUT2D eigenvalue weighted by atomic mass is 16.5. The van der Waals surface area contributed by atoms with Crippen LogP contribution < -0.4 is 15.2 Å². The highest BCUT2D eigenvalue weighted by Gasteiger charge is 2.41. The van der Waals surface area contributed by atoms with Crippen molar-refractivity contribution in [1.29, 1.82) is 0 Å². The van der Waals surface area contributed by atoms with Gasteiger partial charge >= 0.3 is 0 Å². The van der Waals surface area contributed by atoms with E-state index in [4.69, 9.17) is 19.9 Å². The van der Waals surface area contributed by atoms with Crippen molar-refractivity contribution in [3.8, 4) is 11.5 Å². The summed E-state index contributed by atoms with van der Waals surface area (Å²) in [5, 5.41) is 0. The number of nitrogens with zero attached hydrogens (tertiary/aromatic N) is 1. The van der Waals surface area contributed by atoms with Crippen molar-refractivity contribution in [2.45, 2.75) is 43.9 Å². The number of carbonyl (C=O) groups excluding carboxylic acids is 1. The van der Waals surface area contributed by atoms with Gasteiger partial charge in [-0.15, -0.1) is 0 Å². The van der Waals surface area contributed by atoms with Crippen LogP contribution in [0.15, 0.2) is 78.9 Å². The van der Waals surface area contributed by atoms with Crippen molar-refractivity contribution in [3.05, 3.63) is 95.6 Å². The number of nitrogens with two attached hydrogens (primary N) is 1. The lowest BCUT2D eigenvalue weighted by molar-refractivity contribution is -0.140. The van der Waals surface area contributed by atoms with Crippen molar-refractivity contribution in [1.82, 2.24) is 4.90 Å². The van der Waals surface area contributed by atoms with E-state index in [2.05, 4.69) is 36.4 Å². The van der Waals surface area contributed by atoms with Crippen molar-refractivity contribution in [2.75, 3.05) is 27.3 Å². The molecule has 4 rings (SSSR count). The summed E-state index contributed by atoms with van der Waals surface area (Å²) in [5.41, 5.74) is 8.16. The quantitative estimate of drug-likeness (QED) is 0.441. The number of rotatable bonds is 9. The normalized spacial score (nSPS) is 16.9. The van der Waals surface area contributed by atoms with Crippen LogP contribution in [0, 0.1) is 0 Å². The number of hydrogen-bond acceptors (Lipinski definition) is 5. The maximum atomic E-state index is 12.9. The molecule has 36 heavy (non-hydrogen) atoms. The van der Waals surface area contributed by atoms with Crippen LogP contribution in [0.4, 0.5) is 0 Å². The van der Waals surface area contributed by atoms with Gasteiger partial charge < -0.3 is 24.8 Å². The molecule has 0 aliphatic carbocycles. The molecule has 2 atom stereocenters. The summed E-state index contributed by atoms with van der Waals surface area (Å²) >= 11 is 0. The first-order chi connectivity index (χ1) is 17.5. The Morgan fingerprint density at radius 3 is 1.94 bits per heavy atom. The Bertz CT molecular complexity index is 1070. The predicted octanol–water partition coefficient (Wildman–Crippen LogP) is 4.74. The molecule has 1 saturated heterocycles. The largest absolute Gasteiger partial charge is 0.497 e. The van der Waals surface area contributed by atoms with E-state index in [-0.39, 0.29) is 12.0 Å². The molecule has 3 aromatic carbocycles. The number of methoxy groups -OCH3 is 2. The van der Waals surface area contributed by atoms with Gasteiger partial charge in [0.25, 0.3) is 0 Å². The number of piperidine rings is 1. The van der Waals surface area contributed by atoms with Crippen LogP contribution in [0.5, 0.6) is 11.5 Å². The number of ether oxygens (including phenoxy) is 3. The number of carbonyl (C=O) groups is 1. The highest BCUT2D eigenvalue weighted by molar-refractivity contribution is 5.81. The minimum Gasteiger partial charge on any atom is -0.497 e. The van der Waals surface area contributed by atoms with E-state index in [1.165, 1.54) is 0 Å². The van der Waals surface area contributed by atoms with Gasteiger partial charge in [0.15, 0.2) is 0 Å². The summed E-state index contributed by atoms with van der Waals surface area (Å²) in [5.74, 6) is 1.54. The molecular weight excluding hydrogens is 452 g/mol. The molecule has 1 aliphatic heterocycles. The first-order valence-corrected chi connectivity index (χ1v) is 12.6. The van der Waals surface area contributed by atoms with E-state index in [0.717, 1.165) is 41.0 Å². The Morgan fingerprint density at radius 1 is 0.917 bits per heavy atom. The van der Waals surface area contributed by atoms with Crippen LogP contribution in [0.2, 0.25) is 0 Å². The third-order valence-electron chi connectivity index (χ3n) is 6.96. The fourth-order valence-electron chi connectivity index (χ4n) is 4.92. The first kappa shape index (κ1) is 25.7. The second kappa shape index (κ2) is 11.6. The topological polar surface area (TPSA) is 74.0 Å². The highest BCUT2D eigenvalue weighted by Crippen LogP contribution is 2.43. The number of likely N-dealkylation sites (tertiary alicyclic amines) is 1. The lowest BCUT2D eigenvalue weighted by Gasteiger charge is -2.42. The van der Waals surface area contributed by atoms with Crippen molar-refractivity contribution < 1.29 is 19.0 Å². The predicted molar refractivity (Wildman–Crippen MR) is 141 cm³/mol. The minimum atomic E-state index is -0.899. The molecule has 6 heteroatoms. The van der Waals surface area contributed by atoms with Crippen molar-refractivity contribution in [2.24, 2.45) is 5.73 Å². The van der Waals surface area contributed by atoms with Crippen LogP contribution in [0.25, 0.3) is 0 Å². The molecule has 0 bridgehead atoms. The molecule has 0 saturated carbocycles. The third kappa shape index (κ3) is 5.25. The lowest BCUT2D eigenvalue weighted by Crippen LogP contribution is -2.51. The Labute approximate surface area is 214 Å². The standard InChI is InChI=1S/C30H36N2O4/c1-4-28(31)29(33)32-20-8-11-27(21-32)36-30(22-9-6-5-7-10-22,23-12-16-25(34-2)17-13-23)24-14-18-26(35-3)19-15-24/h5-7,9-10,12-19,27-28H,4,8,11,20-21,31H2,1-3H3/t27?,28-/m0/s1. The molecule has 6 nitrogen and oxygen atoms in total. The monoisotopic (exact) mass is 488 g/mol. The van der Waals surface area contributed by atoms with E-state index in [1.807, 2.05) is 54.3 Å². The maximum absolute atomic E-state index is 12.9. The summed E-state index contributed by atoms with van der Waals surface area (Å²) in [6, 6.07) is 25.8. The average molecular weight is 489 g/mol. The van der Waals surface area contributed by atoms with E-state index in [1.54, 1.807) is 14.2 Å². The fourth-order valence-corrected chi connectivity index (χ4v) is 4.92. The average Bonchev–Trinajstić information content (AvgIpc) is 2.96. The van der Waals surface area contributed by atoms with Crippen LogP contribution in [0.3, 0.4) is 0 Å². The summed E-state index contributed by atoms with van der Waals surface area (Å²) in [6.07, 6.45) is 2.16. The second-order valence-corrected chi connectivity index (χ2v) is 9.19. The van der Waals surface area contributed by atoms with E-state index >= 15 is 0 Å². The van der Waals surface area contributed by atoms with Crippen molar-refractivity contribution in [3.63, 3.8) is 0 Å². The second-order valence-electron chi connectivity index (χ2n) is 9.19. The van der Waals surface area contributed by atoms with Gasteiger partial charge in [-0.3, -0.25) is 4.79 Å². The van der Waals surface area contributed by atoms with Gasteiger partial charge in [-0.2, -0.15) is 0 Å². The van der Waals surface area contributed by atoms with Gasteiger partial charge in [-0.05, 0) is 60.2 Å². The van der Waals surface area contributed by atoms with Crippen molar-refractivity contribution >= 4 is 5.91 Å². The zero-order chi connectivity index (χ0) is 25.5. The molecule has 1 amide bonds. The fraction of sp³-hybridized carbons (Fsp3) is 0.367. The zero-order valence-corrected chi connectivity index (χ0v) is 21.4. The molecule has 1 fully saturated rings. The van der Waals surface area contributed by atoms with Gasteiger partial charge in [0.1, 0.15) is 17.1 Å². The number of benzene rings is 3. The SMILES string of the molecule is CC[C@H](N)C(=O)N1CCCC(OC(c2ccccc2)(c2ccc(OC)cc2)c2ccc(OC)cc2)C1. The Hall–Kier alpha value is -3.35. The summed E-state index contributed by atoms with van der Waals surface area (Å²) in [4.78, 5) is 14.8. The van der Waals surface area contributed by atoms with Gasteiger partial charge in [-0.25, -0.2) is 0 Å². The lowest BCUT2D eigenvalue weighted by atomic mass is 9.79. The molecule has 1 aliphatic rings. The van der Waals surface area contributed by atoms with Crippen LogP contribution in [-0.2, 0) is 15.1 Å². The molecule has 1 heterocycles. The number of hydrogen-bond donors (Lipinski definition) is 1. The molecule has 0 radical (unpaired) electrons. The molecule has 2 N–H and O–H groups in total. The van der Waals surface area contributed by atoms with Gasteiger partial charge in [-0.1, -0.05) is 61.5 Å². The molecular formula is C30H36N2O4. The molecule has 0 spiro atoms. The maximum Gasteiger partial charge on any atom is 0.239 e. The summed E-state index contributed by atoms with van der Waals surface area (Å²) in [6.45, 7) is 3.15. The van der Waals surface area contributed by atoms with E-state index < -0.39 is 11.6 Å². The molecule has 3 aromatic rings. The zero-order valence-electron chi connectivity index (χ0n) is 21.4. The molecule has 190 valence electrons. The number of amides is 1. The summed E-state index contributed by atoms with van der Waals surface area (Å²) in [7, 11) is 3.32. The van der Waals surface area contributed by atoms with Gasteiger partial charge in [0.05, 0.1) is 26.4 Å². The molecule has 0 aromatic heterocycles. The summed E-state index contributed by atoms with van der Waals surface area (Å²) < 4.78 is 18.0. The van der Waals surface area contributed by atoms with Crippen LogP contribution in [0.1, 0.15) is 42.9 Å². The Morgan fingerprint density at radius 2 is 1.44 bits per heavy atom. The van der Waals surface area contributed by atoms with Crippen LogP contribution in [-0.4, -0.2) is 50.3 Å². The first-order valence-electron chi connectivity index (χ1n) is 12.6. The van der Waals surface area contributed by atoms with E-state index in [0.29, 0.717) is 19.5 Å². The Kier molecular flexibility index (Phi) is 8.28. The minimum absolute atomic E-state index is 0.00925. The van der Waals surface area contributed by atoms with Crippen LogP contribution >= 0.6 is 0 Å². The van der Waals surface area contributed by atoms with E-state index in [9.17, 15) is 4.79 Å². The smallest absolute Gasteiger partial charge is 0.239 e. The van der Waals surface area contributed by atoms with Gasteiger partial charge in [0, 0.05) is 13.1 Å². The van der Waals surface area contributed by atoms with Gasteiger partial charge in [0.2, 0.25) is 5.91 Å².